The van der Waals surface area contributed by atoms with E-state index in [1.807, 2.05) is 73.7 Å². The Balaban J connectivity index is 1.58. The van der Waals surface area contributed by atoms with Gasteiger partial charge in [0.25, 0.3) is 0 Å². The zero-order valence-corrected chi connectivity index (χ0v) is 25.3. The number of likely N-dealkylation sites (tertiary alicyclic amines) is 1. The van der Waals surface area contributed by atoms with Gasteiger partial charge < -0.3 is 24.8 Å². The largest absolute Gasteiger partial charge is 0.456 e. The number of rotatable bonds is 9. The van der Waals surface area contributed by atoms with Gasteiger partial charge in [0.15, 0.2) is 0 Å². The maximum absolute atomic E-state index is 13.3. The Morgan fingerprint density at radius 3 is 2.71 bits per heavy atom. The van der Waals surface area contributed by atoms with Crippen molar-refractivity contribution >= 4 is 11.9 Å². The molecule has 9 heteroatoms. The third kappa shape index (κ3) is 7.90. The summed E-state index contributed by atoms with van der Waals surface area (Å²) in [4.78, 5) is 32.3. The van der Waals surface area contributed by atoms with Gasteiger partial charge in [0, 0.05) is 25.7 Å². The molecule has 222 valence electrons. The van der Waals surface area contributed by atoms with Gasteiger partial charge in [-0.25, -0.2) is 9.78 Å². The molecule has 0 radical (unpaired) electrons. The molecule has 2 heterocycles. The third-order valence-corrected chi connectivity index (χ3v) is 7.37. The molecule has 3 aromatic rings. The molecular weight excluding hydrogens is 528 g/mol. The molecule has 0 bridgehead atoms. The summed E-state index contributed by atoms with van der Waals surface area (Å²) in [7, 11) is 1.89. The molecule has 2 N–H and O–H groups in total. The zero-order valence-electron chi connectivity index (χ0n) is 25.3. The van der Waals surface area contributed by atoms with E-state index in [9.17, 15) is 14.9 Å². The first-order valence-electron chi connectivity index (χ1n) is 14.7. The van der Waals surface area contributed by atoms with Gasteiger partial charge in [0.1, 0.15) is 17.6 Å². The number of amides is 3. The maximum Gasteiger partial charge on any atom is 0.315 e. The van der Waals surface area contributed by atoms with Gasteiger partial charge in [-0.1, -0.05) is 31.5 Å². The Bertz CT molecular complexity index is 1430. The third-order valence-electron chi connectivity index (χ3n) is 7.37. The fourth-order valence-corrected chi connectivity index (χ4v) is 5.40. The molecule has 4 rings (SSSR count). The van der Waals surface area contributed by atoms with Crippen LogP contribution in [0.3, 0.4) is 0 Å². The molecule has 0 aliphatic carbocycles. The second-order valence-corrected chi connectivity index (χ2v) is 12.0. The number of imidazole rings is 1. The average molecular weight is 571 g/mol. The first kappa shape index (κ1) is 30.6. The molecule has 1 saturated heterocycles. The second-order valence-electron chi connectivity index (χ2n) is 12.0. The highest BCUT2D eigenvalue weighted by Gasteiger charge is 2.28. The number of aromatic nitrogens is 2. The van der Waals surface area contributed by atoms with E-state index in [-0.39, 0.29) is 29.4 Å². The number of aryl methyl sites for hydroxylation is 1. The van der Waals surface area contributed by atoms with Crippen LogP contribution in [-0.2, 0) is 18.3 Å². The van der Waals surface area contributed by atoms with Gasteiger partial charge >= 0.3 is 6.03 Å². The summed E-state index contributed by atoms with van der Waals surface area (Å²) in [6.45, 7) is 9.46. The van der Waals surface area contributed by atoms with Crippen molar-refractivity contribution in [2.24, 2.45) is 7.05 Å². The second kappa shape index (κ2) is 13.6. The van der Waals surface area contributed by atoms with E-state index in [0.29, 0.717) is 23.5 Å². The molecule has 1 fully saturated rings. The van der Waals surface area contributed by atoms with E-state index in [4.69, 9.17) is 4.74 Å². The number of carbonyl (C=O) groups excluding carboxylic acids is 2. The van der Waals surface area contributed by atoms with Gasteiger partial charge in [-0.15, -0.1) is 0 Å². The van der Waals surface area contributed by atoms with Crippen LogP contribution in [0.5, 0.6) is 11.5 Å². The number of carbonyl (C=O) groups is 2. The van der Waals surface area contributed by atoms with E-state index < -0.39 is 0 Å². The van der Waals surface area contributed by atoms with Crippen molar-refractivity contribution in [1.82, 2.24) is 25.1 Å². The number of urea groups is 1. The molecule has 2 aromatic carbocycles. The fraction of sp³-hybridized carbons (Fsp3) is 0.455. The van der Waals surface area contributed by atoms with Crippen molar-refractivity contribution < 1.29 is 14.3 Å². The van der Waals surface area contributed by atoms with E-state index in [0.717, 1.165) is 55.6 Å². The summed E-state index contributed by atoms with van der Waals surface area (Å²) < 4.78 is 8.17. The van der Waals surface area contributed by atoms with Crippen LogP contribution in [0.15, 0.2) is 55.0 Å². The van der Waals surface area contributed by atoms with Crippen molar-refractivity contribution in [3.8, 4) is 17.6 Å². The fourth-order valence-electron chi connectivity index (χ4n) is 5.40. The Morgan fingerprint density at radius 2 is 2.02 bits per heavy atom. The lowest BCUT2D eigenvalue weighted by molar-refractivity contribution is -0.132. The van der Waals surface area contributed by atoms with Crippen LogP contribution in [0.25, 0.3) is 0 Å². The molecule has 9 nitrogen and oxygen atoms in total. The number of hydrogen-bond donors (Lipinski definition) is 2. The Hall–Kier alpha value is -4.32. The summed E-state index contributed by atoms with van der Waals surface area (Å²) in [6, 6.07) is 14.7. The maximum atomic E-state index is 13.3. The molecule has 1 aliphatic heterocycles. The molecule has 2 unspecified atom stereocenters. The quantitative estimate of drug-likeness (QED) is 0.329. The molecule has 0 spiro atoms. The molecule has 2 atom stereocenters. The summed E-state index contributed by atoms with van der Waals surface area (Å²) in [5, 5.41) is 15.9. The Labute approximate surface area is 248 Å². The highest BCUT2D eigenvalue weighted by molar-refractivity contribution is 5.84. The molecule has 42 heavy (non-hydrogen) atoms. The first-order valence-corrected chi connectivity index (χ1v) is 14.7. The van der Waals surface area contributed by atoms with Gasteiger partial charge in [0.2, 0.25) is 5.91 Å². The van der Waals surface area contributed by atoms with Crippen LogP contribution in [0.2, 0.25) is 0 Å². The van der Waals surface area contributed by atoms with Crippen molar-refractivity contribution in [2.75, 3.05) is 13.1 Å². The van der Waals surface area contributed by atoms with Crippen molar-refractivity contribution in [3.05, 3.63) is 77.4 Å². The monoisotopic (exact) mass is 570 g/mol. The predicted molar refractivity (Wildman–Crippen MR) is 162 cm³/mol. The van der Waals surface area contributed by atoms with Crippen LogP contribution >= 0.6 is 0 Å². The van der Waals surface area contributed by atoms with Crippen molar-refractivity contribution in [3.63, 3.8) is 0 Å². The number of ether oxygens (including phenoxy) is 1. The lowest BCUT2D eigenvalue weighted by atomic mass is 9.93. The Morgan fingerprint density at radius 1 is 1.21 bits per heavy atom. The standard InChI is InChI=1S/C33H42N6O3/c1-6-15-39-16-8-7-12-27(31(39)40)24-10-9-11-26(19-24)42-30-18-23(13-14-25(30)20-34)17-28(29-21-35-22-38(29)5)36-32(41)37-33(2,3)4/h9-11,13-14,18-19,21-22,27-28H,6-8,12,15-17H2,1-5H3,(H2,36,37,41). The highest BCUT2D eigenvalue weighted by atomic mass is 16.5. The number of nitrogens with one attached hydrogen (secondary N) is 2. The van der Waals surface area contributed by atoms with Gasteiger partial charge in [-0.3, -0.25) is 4.79 Å². The smallest absolute Gasteiger partial charge is 0.315 e. The normalized spacial score (nSPS) is 16.3. The minimum Gasteiger partial charge on any atom is -0.456 e. The van der Waals surface area contributed by atoms with Gasteiger partial charge in [-0.2, -0.15) is 5.26 Å². The number of benzene rings is 2. The topological polar surface area (TPSA) is 112 Å². The summed E-state index contributed by atoms with van der Waals surface area (Å²) in [5.41, 5.74) is 2.68. The van der Waals surface area contributed by atoms with Crippen molar-refractivity contribution in [1.29, 1.82) is 5.26 Å². The summed E-state index contributed by atoms with van der Waals surface area (Å²) >= 11 is 0. The van der Waals surface area contributed by atoms with E-state index in [2.05, 4.69) is 28.6 Å². The van der Waals surface area contributed by atoms with Crippen LogP contribution in [-0.4, -0.2) is 45.0 Å². The summed E-state index contributed by atoms with van der Waals surface area (Å²) in [6.07, 6.45) is 7.67. The Kier molecular flexibility index (Phi) is 9.89. The van der Waals surface area contributed by atoms with Crippen LogP contribution in [0.1, 0.15) is 87.7 Å². The van der Waals surface area contributed by atoms with Crippen LogP contribution in [0, 0.1) is 11.3 Å². The van der Waals surface area contributed by atoms with Gasteiger partial charge in [-0.05, 0) is 81.8 Å². The predicted octanol–water partition coefficient (Wildman–Crippen LogP) is 5.97. The first-order chi connectivity index (χ1) is 20.1. The minimum absolute atomic E-state index is 0.176. The lowest BCUT2D eigenvalue weighted by Gasteiger charge is -2.25. The zero-order chi connectivity index (χ0) is 30.3. The molecule has 3 amide bonds. The average Bonchev–Trinajstić information content (AvgIpc) is 3.28. The molecule has 1 aromatic heterocycles. The number of nitrogens with zero attached hydrogens (tertiary/aromatic N) is 4. The minimum atomic E-state index is -0.388. The molecule has 0 saturated carbocycles. The SMILES string of the molecule is CCCN1CCCCC(c2cccc(Oc3cc(CC(NC(=O)NC(C)(C)C)c4cncn4C)ccc3C#N)c2)C1=O. The van der Waals surface area contributed by atoms with Crippen molar-refractivity contribution in [2.45, 2.75) is 77.3 Å². The van der Waals surface area contributed by atoms with E-state index in [1.165, 1.54) is 0 Å². The number of hydrogen-bond acceptors (Lipinski definition) is 5. The van der Waals surface area contributed by atoms with E-state index >= 15 is 0 Å². The van der Waals surface area contributed by atoms with Gasteiger partial charge in [0.05, 0.1) is 35.7 Å². The molecular formula is C33H42N6O3. The molecule has 1 aliphatic rings. The lowest BCUT2D eigenvalue weighted by Crippen LogP contribution is -2.47. The van der Waals surface area contributed by atoms with E-state index in [1.54, 1.807) is 18.6 Å². The number of nitriles is 1. The van der Waals surface area contributed by atoms with Crippen LogP contribution in [0.4, 0.5) is 4.79 Å². The highest BCUT2D eigenvalue weighted by Crippen LogP contribution is 2.33. The summed E-state index contributed by atoms with van der Waals surface area (Å²) in [5.74, 6) is 0.978. The van der Waals surface area contributed by atoms with Crippen LogP contribution < -0.4 is 15.4 Å².